The fraction of sp³-hybridized carbons (Fsp3) is 0.385. The van der Waals surface area contributed by atoms with E-state index in [0.29, 0.717) is 6.61 Å². The van der Waals surface area contributed by atoms with Crippen molar-refractivity contribution in [1.82, 2.24) is 0 Å². The molecule has 0 N–H and O–H groups in total. The number of methoxy groups -OCH3 is 1. The van der Waals surface area contributed by atoms with Crippen LogP contribution < -0.4 is 4.74 Å². The molecule has 1 aromatic rings. The van der Waals surface area contributed by atoms with Crippen LogP contribution in [0.15, 0.2) is 29.4 Å². The molecule has 1 rings (SSSR count). The van der Waals surface area contributed by atoms with Gasteiger partial charge in [0.25, 0.3) is 0 Å². The molecule has 0 aromatic heterocycles. The summed E-state index contributed by atoms with van der Waals surface area (Å²) in [6.07, 6.45) is 1.74. The Balaban J connectivity index is 2.34. The van der Waals surface area contributed by atoms with E-state index >= 15 is 0 Å². The lowest BCUT2D eigenvalue weighted by atomic mass is 10.2. The van der Waals surface area contributed by atoms with Crippen molar-refractivity contribution in [3.63, 3.8) is 0 Å². The first-order chi connectivity index (χ1) is 8.77. The Morgan fingerprint density at radius 1 is 1.39 bits per heavy atom. The van der Waals surface area contributed by atoms with Crippen molar-refractivity contribution < 1.29 is 19.1 Å². The van der Waals surface area contributed by atoms with Gasteiger partial charge in [-0.1, -0.05) is 17.3 Å². The van der Waals surface area contributed by atoms with Crippen LogP contribution in [-0.4, -0.2) is 32.5 Å². The summed E-state index contributed by atoms with van der Waals surface area (Å²) in [7, 11) is 1.59. The molecule has 0 amide bonds. The van der Waals surface area contributed by atoms with Crippen LogP contribution in [0.4, 0.5) is 0 Å². The predicted molar refractivity (Wildman–Crippen MR) is 67.8 cm³/mol. The Labute approximate surface area is 106 Å². The van der Waals surface area contributed by atoms with Crippen molar-refractivity contribution in [2.45, 2.75) is 13.3 Å². The highest BCUT2D eigenvalue weighted by Gasteiger charge is 2.01. The van der Waals surface area contributed by atoms with Gasteiger partial charge in [-0.25, -0.2) is 0 Å². The highest BCUT2D eigenvalue weighted by atomic mass is 16.6. The molecule has 0 unspecified atom stereocenters. The third kappa shape index (κ3) is 4.86. The van der Waals surface area contributed by atoms with Crippen LogP contribution in [0.25, 0.3) is 0 Å². The average molecular weight is 251 g/mol. The van der Waals surface area contributed by atoms with Crippen molar-refractivity contribution in [3.05, 3.63) is 29.8 Å². The van der Waals surface area contributed by atoms with Crippen LogP contribution in [0.3, 0.4) is 0 Å². The lowest BCUT2D eigenvalue weighted by molar-refractivity contribution is -0.144. The second kappa shape index (κ2) is 8.11. The Morgan fingerprint density at radius 3 is 2.89 bits per heavy atom. The van der Waals surface area contributed by atoms with Crippen molar-refractivity contribution in [1.29, 1.82) is 0 Å². The number of benzene rings is 1. The molecule has 1 aromatic carbocycles. The number of rotatable bonds is 7. The molecule has 5 nitrogen and oxygen atoms in total. The normalized spacial score (nSPS) is 10.3. The van der Waals surface area contributed by atoms with Crippen molar-refractivity contribution in [2.24, 2.45) is 5.16 Å². The number of esters is 1. The maximum atomic E-state index is 11.0. The zero-order valence-corrected chi connectivity index (χ0v) is 10.6. The van der Waals surface area contributed by atoms with Gasteiger partial charge in [0.2, 0.25) is 0 Å². The molecule has 0 fully saturated rings. The zero-order chi connectivity index (χ0) is 13.2. The molecule has 0 aliphatic rings. The SMILES string of the molecule is CCOC(=O)CCO/N=C/c1ccccc1OC. The third-order valence-corrected chi connectivity index (χ3v) is 2.11. The van der Waals surface area contributed by atoms with Gasteiger partial charge in [0.15, 0.2) is 0 Å². The molecule has 18 heavy (non-hydrogen) atoms. The number of hydrogen-bond donors (Lipinski definition) is 0. The van der Waals surface area contributed by atoms with Gasteiger partial charge in [0, 0.05) is 5.56 Å². The number of para-hydroxylation sites is 1. The summed E-state index contributed by atoms with van der Waals surface area (Å²) >= 11 is 0. The van der Waals surface area contributed by atoms with E-state index in [1.54, 1.807) is 20.2 Å². The van der Waals surface area contributed by atoms with Crippen LogP contribution >= 0.6 is 0 Å². The average Bonchev–Trinajstić information content (AvgIpc) is 2.39. The van der Waals surface area contributed by atoms with Crippen molar-refractivity contribution in [3.8, 4) is 5.75 Å². The minimum atomic E-state index is -0.287. The molecule has 0 aliphatic heterocycles. The first kappa shape index (κ1) is 14.0. The van der Waals surface area contributed by atoms with E-state index in [4.69, 9.17) is 14.3 Å². The molecule has 0 bridgehead atoms. The molecule has 0 saturated carbocycles. The van der Waals surface area contributed by atoms with Gasteiger partial charge in [-0.2, -0.15) is 0 Å². The quantitative estimate of drug-likeness (QED) is 0.322. The number of hydrogen-bond acceptors (Lipinski definition) is 5. The molecule has 0 aliphatic carbocycles. The molecule has 5 heteroatoms. The second-order valence-corrected chi connectivity index (χ2v) is 3.36. The fourth-order valence-corrected chi connectivity index (χ4v) is 1.28. The smallest absolute Gasteiger partial charge is 0.309 e. The maximum absolute atomic E-state index is 11.0. The molecule has 0 heterocycles. The maximum Gasteiger partial charge on any atom is 0.309 e. The summed E-state index contributed by atoms with van der Waals surface area (Å²) in [5, 5.41) is 3.77. The lowest BCUT2D eigenvalue weighted by Crippen LogP contribution is -2.06. The van der Waals surface area contributed by atoms with Gasteiger partial charge in [-0.3, -0.25) is 4.79 Å². The van der Waals surface area contributed by atoms with Crippen molar-refractivity contribution in [2.75, 3.05) is 20.3 Å². The van der Waals surface area contributed by atoms with Crippen LogP contribution in [0.2, 0.25) is 0 Å². The number of carbonyl (C=O) groups is 1. The summed E-state index contributed by atoms with van der Waals surface area (Å²) < 4.78 is 9.90. The van der Waals surface area contributed by atoms with E-state index in [-0.39, 0.29) is 19.0 Å². The molecular weight excluding hydrogens is 234 g/mol. The van der Waals surface area contributed by atoms with Gasteiger partial charge < -0.3 is 14.3 Å². The lowest BCUT2D eigenvalue weighted by Gasteiger charge is -2.03. The summed E-state index contributed by atoms with van der Waals surface area (Å²) in [6, 6.07) is 7.44. The Hall–Kier alpha value is -2.04. The number of ether oxygens (including phenoxy) is 2. The number of carbonyl (C=O) groups excluding carboxylic acids is 1. The Bertz CT molecular complexity index is 404. The van der Waals surface area contributed by atoms with Gasteiger partial charge in [-0.15, -0.1) is 0 Å². The third-order valence-electron chi connectivity index (χ3n) is 2.11. The minimum absolute atomic E-state index is 0.192. The Kier molecular flexibility index (Phi) is 6.32. The van der Waals surface area contributed by atoms with E-state index in [1.807, 2.05) is 24.3 Å². The Morgan fingerprint density at radius 2 is 2.17 bits per heavy atom. The van der Waals surface area contributed by atoms with E-state index in [9.17, 15) is 4.79 Å². The van der Waals surface area contributed by atoms with Gasteiger partial charge in [0.05, 0.1) is 26.4 Å². The topological polar surface area (TPSA) is 57.1 Å². The van der Waals surface area contributed by atoms with Crippen LogP contribution in [0.5, 0.6) is 5.75 Å². The summed E-state index contributed by atoms with van der Waals surface area (Å²) in [4.78, 5) is 16.0. The molecular formula is C13H17NO4. The van der Waals surface area contributed by atoms with E-state index in [0.717, 1.165) is 11.3 Å². The standard InChI is InChI=1S/C13H17NO4/c1-3-17-13(15)8-9-18-14-10-11-6-4-5-7-12(11)16-2/h4-7,10H,3,8-9H2,1-2H3/b14-10+. The highest BCUT2D eigenvalue weighted by molar-refractivity contribution is 5.83. The fourth-order valence-electron chi connectivity index (χ4n) is 1.28. The summed E-state index contributed by atoms with van der Waals surface area (Å²) in [5.41, 5.74) is 0.816. The van der Waals surface area contributed by atoms with Crippen molar-refractivity contribution >= 4 is 12.2 Å². The van der Waals surface area contributed by atoms with Gasteiger partial charge in [-0.05, 0) is 19.1 Å². The second-order valence-electron chi connectivity index (χ2n) is 3.36. The number of oxime groups is 1. The monoisotopic (exact) mass is 251 g/mol. The van der Waals surface area contributed by atoms with Crippen LogP contribution in [0.1, 0.15) is 18.9 Å². The van der Waals surface area contributed by atoms with Gasteiger partial charge in [0.1, 0.15) is 12.4 Å². The van der Waals surface area contributed by atoms with E-state index in [2.05, 4.69) is 5.16 Å². The predicted octanol–water partition coefficient (Wildman–Crippen LogP) is 2.00. The molecule has 0 saturated heterocycles. The number of nitrogens with zero attached hydrogens (tertiary/aromatic N) is 1. The zero-order valence-electron chi connectivity index (χ0n) is 10.6. The first-order valence-electron chi connectivity index (χ1n) is 5.72. The first-order valence-corrected chi connectivity index (χ1v) is 5.72. The van der Waals surface area contributed by atoms with Gasteiger partial charge >= 0.3 is 5.97 Å². The largest absolute Gasteiger partial charge is 0.496 e. The molecule has 0 spiro atoms. The highest BCUT2D eigenvalue weighted by Crippen LogP contribution is 2.14. The summed E-state index contributed by atoms with van der Waals surface area (Å²) in [6.45, 7) is 2.34. The summed E-state index contributed by atoms with van der Waals surface area (Å²) in [5.74, 6) is 0.431. The van der Waals surface area contributed by atoms with E-state index < -0.39 is 0 Å². The van der Waals surface area contributed by atoms with Crippen LogP contribution in [0, 0.1) is 0 Å². The molecule has 0 atom stereocenters. The van der Waals surface area contributed by atoms with E-state index in [1.165, 1.54) is 0 Å². The molecule has 0 radical (unpaired) electrons. The molecule has 98 valence electrons. The van der Waals surface area contributed by atoms with Crippen LogP contribution in [-0.2, 0) is 14.4 Å². The minimum Gasteiger partial charge on any atom is -0.496 e.